The first kappa shape index (κ1) is 11.8. The van der Waals surface area contributed by atoms with E-state index in [2.05, 4.69) is 0 Å². The Hall–Kier alpha value is -1.26. The van der Waals surface area contributed by atoms with Crippen molar-refractivity contribution in [2.24, 2.45) is 0 Å². The maximum Gasteiger partial charge on any atom is 0.169 e. The fourth-order valence-corrected chi connectivity index (χ4v) is 2.87. The summed E-state index contributed by atoms with van der Waals surface area (Å²) < 4.78 is 11.9. The summed E-state index contributed by atoms with van der Waals surface area (Å²) in [4.78, 5) is 0. The summed E-state index contributed by atoms with van der Waals surface area (Å²) in [5, 5.41) is 19.1. The average Bonchev–Trinajstić information content (AvgIpc) is 2.74. The smallest absolute Gasteiger partial charge is 0.169 e. The van der Waals surface area contributed by atoms with E-state index in [-0.39, 0.29) is 17.6 Å². The molecular formula is C14H18O4. The number of rotatable bonds is 1. The van der Waals surface area contributed by atoms with E-state index >= 15 is 0 Å². The van der Waals surface area contributed by atoms with E-state index < -0.39 is 5.79 Å². The number of phenols is 2. The molecule has 1 aromatic rings. The lowest BCUT2D eigenvalue weighted by Gasteiger charge is -2.31. The molecule has 1 aromatic carbocycles. The van der Waals surface area contributed by atoms with Crippen molar-refractivity contribution in [2.45, 2.75) is 44.0 Å². The third-order valence-electron chi connectivity index (χ3n) is 3.83. The van der Waals surface area contributed by atoms with Gasteiger partial charge in [0.2, 0.25) is 0 Å². The minimum Gasteiger partial charge on any atom is -0.508 e. The van der Waals surface area contributed by atoms with Gasteiger partial charge in [-0.3, -0.25) is 0 Å². The van der Waals surface area contributed by atoms with Gasteiger partial charge >= 0.3 is 0 Å². The Kier molecular flexibility index (Phi) is 2.92. The van der Waals surface area contributed by atoms with Gasteiger partial charge in [0.25, 0.3) is 0 Å². The molecule has 18 heavy (non-hydrogen) atoms. The minimum absolute atomic E-state index is 0.0579. The molecule has 2 fully saturated rings. The zero-order valence-electron chi connectivity index (χ0n) is 10.3. The average molecular weight is 250 g/mol. The highest BCUT2D eigenvalue weighted by Gasteiger charge is 2.43. The quantitative estimate of drug-likeness (QED) is 0.804. The van der Waals surface area contributed by atoms with E-state index in [0.29, 0.717) is 12.2 Å². The van der Waals surface area contributed by atoms with Gasteiger partial charge in [-0.2, -0.15) is 0 Å². The number of ether oxygens (including phenoxy) is 2. The molecular weight excluding hydrogens is 232 g/mol. The van der Waals surface area contributed by atoms with E-state index in [1.165, 1.54) is 12.5 Å². The molecule has 0 bridgehead atoms. The molecule has 0 radical (unpaired) electrons. The van der Waals surface area contributed by atoms with Crippen molar-refractivity contribution in [1.29, 1.82) is 0 Å². The molecule has 1 heterocycles. The van der Waals surface area contributed by atoms with Gasteiger partial charge in [-0.15, -0.1) is 0 Å². The summed E-state index contributed by atoms with van der Waals surface area (Å²) in [6.07, 6.45) is 5.14. The van der Waals surface area contributed by atoms with Crippen LogP contribution in [-0.4, -0.2) is 22.6 Å². The Bertz CT molecular complexity index is 437. The molecule has 1 saturated heterocycles. The number of hydrogen-bond donors (Lipinski definition) is 2. The van der Waals surface area contributed by atoms with Crippen LogP contribution >= 0.6 is 0 Å². The highest BCUT2D eigenvalue weighted by atomic mass is 16.7. The van der Waals surface area contributed by atoms with Crippen LogP contribution in [0.1, 0.15) is 43.8 Å². The fourth-order valence-electron chi connectivity index (χ4n) is 2.87. The highest BCUT2D eigenvalue weighted by Crippen LogP contribution is 2.44. The first-order chi connectivity index (χ1) is 8.69. The van der Waals surface area contributed by atoms with Crippen LogP contribution in [0.25, 0.3) is 0 Å². The first-order valence-corrected chi connectivity index (χ1v) is 6.52. The van der Waals surface area contributed by atoms with Crippen molar-refractivity contribution < 1.29 is 19.7 Å². The lowest BCUT2D eigenvalue weighted by atomic mass is 9.94. The second-order valence-corrected chi connectivity index (χ2v) is 5.13. The molecule has 1 unspecified atom stereocenters. The molecule has 2 aliphatic rings. The lowest BCUT2D eigenvalue weighted by molar-refractivity contribution is -0.187. The van der Waals surface area contributed by atoms with Gasteiger partial charge in [-0.25, -0.2) is 0 Å². The third-order valence-corrected chi connectivity index (χ3v) is 3.83. The number of aromatic hydroxyl groups is 2. The second-order valence-electron chi connectivity index (χ2n) is 5.13. The summed E-state index contributed by atoms with van der Waals surface area (Å²) in [5.41, 5.74) is 0.690. The SMILES string of the molecule is Oc1ccc(C2COC3(CCCCC3)O2)c(O)c1. The van der Waals surface area contributed by atoms with Crippen molar-refractivity contribution >= 4 is 0 Å². The van der Waals surface area contributed by atoms with Crippen LogP contribution in [0.15, 0.2) is 18.2 Å². The fraction of sp³-hybridized carbons (Fsp3) is 0.571. The number of phenolic OH excluding ortho intramolecular Hbond substituents is 2. The van der Waals surface area contributed by atoms with Crippen LogP contribution < -0.4 is 0 Å². The van der Waals surface area contributed by atoms with E-state index in [0.717, 1.165) is 25.7 Å². The van der Waals surface area contributed by atoms with E-state index in [1.807, 2.05) is 0 Å². The van der Waals surface area contributed by atoms with Crippen LogP contribution in [-0.2, 0) is 9.47 Å². The third kappa shape index (κ3) is 2.06. The molecule has 1 aliphatic carbocycles. The molecule has 3 rings (SSSR count). The maximum absolute atomic E-state index is 9.84. The van der Waals surface area contributed by atoms with Crippen LogP contribution in [0.5, 0.6) is 11.5 Å². The summed E-state index contributed by atoms with van der Waals surface area (Å²) in [6.45, 7) is 0.471. The van der Waals surface area contributed by atoms with Gasteiger partial charge in [0.05, 0.1) is 6.61 Å². The molecule has 1 aliphatic heterocycles. The van der Waals surface area contributed by atoms with Gasteiger partial charge in [-0.05, 0) is 25.0 Å². The van der Waals surface area contributed by atoms with Crippen molar-refractivity contribution in [3.8, 4) is 11.5 Å². The maximum atomic E-state index is 9.84. The number of hydrogen-bond acceptors (Lipinski definition) is 4. The molecule has 1 atom stereocenters. The van der Waals surface area contributed by atoms with Crippen LogP contribution in [0.4, 0.5) is 0 Å². The van der Waals surface area contributed by atoms with E-state index in [4.69, 9.17) is 9.47 Å². The Balaban J connectivity index is 1.78. The summed E-state index contributed by atoms with van der Waals surface area (Å²) >= 11 is 0. The number of benzene rings is 1. The van der Waals surface area contributed by atoms with E-state index in [1.54, 1.807) is 12.1 Å². The van der Waals surface area contributed by atoms with Crippen LogP contribution in [0.3, 0.4) is 0 Å². The Morgan fingerprint density at radius 3 is 2.61 bits per heavy atom. The summed E-state index contributed by atoms with van der Waals surface area (Å²) in [6, 6.07) is 4.59. The van der Waals surface area contributed by atoms with Gasteiger partial charge in [0.15, 0.2) is 5.79 Å². The monoisotopic (exact) mass is 250 g/mol. The Morgan fingerprint density at radius 1 is 1.11 bits per heavy atom. The first-order valence-electron chi connectivity index (χ1n) is 6.52. The lowest BCUT2D eigenvalue weighted by Crippen LogP contribution is -2.32. The molecule has 2 N–H and O–H groups in total. The normalized spacial score (nSPS) is 26.6. The zero-order chi connectivity index (χ0) is 12.6. The molecule has 98 valence electrons. The summed E-state index contributed by atoms with van der Waals surface area (Å²) in [7, 11) is 0. The topological polar surface area (TPSA) is 58.9 Å². The molecule has 1 saturated carbocycles. The van der Waals surface area contributed by atoms with Crippen molar-refractivity contribution in [2.75, 3.05) is 6.61 Å². The minimum atomic E-state index is -0.437. The van der Waals surface area contributed by atoms with Gasteiger partial charge in [0.1, 0.15) is 17.6 Å². The van der Waals surface area contributed by atoms with Crippen LogP contribution in [0, 0.1) is 0 Å². The molecule has 1 spiro atoms. The predicted molar refractivity (Wildman–Crippen MR) is 65.4 cm³/mol. The Morgan fingerprint density at radius 2 is 1.89 bits per heavy atom. The van der Waals surface area contributed by atoms with E-state index in [9.17, 15) is 10.2 Å². The van der Waals surface area contributed by atoms with Gasteiger partial charge in [-0.1, -0.05) is 6.42 Å². The molecule has 4 heteroatoms. The molecule has 4 nitrogen and oxygen atoms in total. The van der Waals surface area contributed by atoms with Crippen molar-refractivity contribution in [1.82, 2.24) is 0 Å². The largest absolute Gasteiger partial charge is 0.508 e. The second kappa shape index (κ2) is 4.44. The van der Waals surface area contributed by atoms with Crippen LogP contribution in [0.2, 0.25) is 0 Å². The standard InChI is InChI=1S/C14H18O4/c15-10-4-5-11(12(16)8-10)13-9-17-14(18-13)6-2-1-3-7-14/h4-5,8,13,15-16H,1-3,6-7,9H2. The van der Waals surface area contributed by atoms with Crippen molar-refractivity contribution in [3.05, 3.63) is 23.8 Å². The van der Waals surface area contributed by atoms with Crippen molar-refractivity contribution in [3.63, 3.8) is 0 Å². The predicted octanol–water partition coefficient (Wildman–Crippen LogP) is 2.85. The highest BCUT2D eigenvalue weighted by molar-refractivity contribution is 5.40. The Labute approximate surface area is 106 Å². The van der Waals surface area contributed by atoms with Gasteiger partial charge < -0.3 is 19.7 Å². The summed E-state index contributed by atoms with van der Waals surface area (Å²) in [5.74, 6) is -0.313. The zero-order valence-corrected chi connectivity index (χ0v) is 10.3. The molecule has 0 amide bonds. The molecule has 0 aromatic heterocycles. The van der Waals surface area contributed by atoms with Gasteiger partial charge in [0, 0.05) is 24.5 Å².